The van der Waals surface area contributed by atoms with Crippen LogP contribution < -0.4 is 26.2 Å². The number of aliphatic imine (C=N–C) groups is 1. The molecule has 0 fully saturated rings. The second-order valence-electron chi connectivity index (χ2n) is 6.33. The maximum Gasteiger partial charge on any atom is 0.139 e. The van der Waals surface area contributed by atoms with Gasteiger partial charge >= 0.3 is 0 Å². The van der Waals surface area contributed by atoms with Crippen LogP contribution in [0.3, 0.4) is 0 Å². The molecule has 0 bridgehead atoms. The molecule has 0 saturated carbocycles. The zero-order valence-electron chi connectivity index (χ0n) is 14.8. The summed E-state index contributed by atoms with van der Waals surface area (Å²) in [6.07, 6.45) is 1.25. The summed E-state index contributed by atoms with van der Waals surface area (Å²) in [6.45, 7) is 9.03. The number of nitrogens with one attached hydrogen (secondary N) is 1. The van der Waals surface area contributed by atoms with E-state index in [9.17, 15) is 0 Å². The summed E-state index contributed by atoms with van der Waals surface area (Å²) in [5, 5.41) is 5.28. The Labute approximate surface area is 153 Å². The second kappa shape index (κ2) is 8.08. The first-order valence-electron chi connectivity index (χ1n) is 8.00. The molecule has 5 heteroatoms. The van der Waals surface area contributed by atoms with Gasteiger partial charge in [0.1, 0.15) is 11.6 Å². The Morgan fingerprint density at radius 1 is 1.28 bits per heavy atom. The molecule has 2 aromatic rings. The van der Waals surface area contributed by atoms with E-state index < -0.39 is 0 Å². The first-order chi connectivity index (χ1) is 11.9. The highest BCUT2D eigenvalue weighted by Gasteiger charge is 2.20. The van der Waals surface area contributed by atoms with Crippen LogP contribution in [0.4, 0.5) is 0 Å². The zero-order valence-corrected chi connectivity index (χ0v) is 15.6. The molecule has 0 atom stereocenters. The molecule has 0 aliphatic rings. The summed E-state index contributed by atoms with van der Waals surface area (Å²) in [7, 11) is 1.60. The summed E-state index contributed by atoms with van der Waals surface area (Å²) in [6, 6.07) is 13.9. The monoisotopic (exact) mass is 357 g/mol. The summed E-state index contributed by atoms with van der Waals surface area (Å²) in [5.41, 5.74) is 6.67. The molecule has 0 radical (unpaired) electrons. The molecule has 2 rings (SSSR count). The van der Waals surface area contributed by atoms with Crippen molar-refractivity contribution in [3.63, 3.8) is 0 Å². The van der Waals surface area contributed by atoms with E-state index in [1.807, 2.05) is 18.2 Å². The van der Waals surface area contributed by atoms with E-state index in [1.54, 1.807) is 19.2 Å². The van der Waals surface area contributed by atoms with Crippen LogP contribution in [-0.4, -0.2) is 20.0 Å². The number of rotatable bonds is 6. The van der Waals surface area contributed by atoms with Crippen LogP contribution in [0.15, 0.2) is 47.5 Å². The van der Waals surface area contributed by atoms with Gasteiger partial charge in [-0.15, -0.1) is 0 Å². The molecule has 0 amide bonds. The van der Waals surface area contributed by atoms with Gasteiger partial charge in [-0.25, -0.2) is 4.99 Å². The van der Waals surface area contributed by atoms with Crippen molar-refractivity contribution < 1.29 is 4.74 Å². The van der Waals surface area contributed by atoms with Gasteiger partial charge in [-0.05, 0) is 17.7 Å². The fourth-order valence-electron chi connectivity index (χ4n) is 2.60. The van der Waals surface area contributed by atoms with Gasteiger partial charge in [0.15, 0.2) is 0 Å². The van der Waals surface area contributed by atoms with E-state index in [1.165, 1.54) is 11.9 Å². The number of hydrogen-bond donors (Lipinski definition) is 2. The van der Waals surface area contributed by atoms with Crippen molar-refractivity contribution in [2.24, 2.45) is 10.7 Å². The van der Waals surface area contributed by atoms with Gasteiger partial charge in [-0.3, -0.25) is 0 Å². The van der Waals surface area contributed by atoms with Gasteiger partial charge in [0.2, 0.25) is 0 Å². The number of nitrogens with two attached hydrogens (primary N) is 1. The highest BCUT2D eigenvalue weighted by atomic mass is 35.5. The highest BCUT2D eigenvalue weighted by Crippen LogP contribution is 2.22. The third-order valence-electron chi connectivity index (χ3n) is 4.13. The molecule has 0 heterocycles. The summed E-state index contributed by atoms with van der Waals surface area (Å²) in [4.78, 5) is 4.28. The van der Waals surface area contributed by atoms with Crippen LogP contribution in [-0.2, 0) is 5.41 Å². The summed E-state index contributed by atoms with van der Waals surface area (Å²) >= 11 is 6.23. The SMILES string of the molecule is C=c1c(Cl)ccc(OC)/c1=C(/N=CN)NCC(C)(C)c1ccccc1. The van der Waals surface area contributed by atoms with Crippen LogP contribution in [0, 0.1) is 0 Å². The van der Waals surface area contributed by atoms with Crippen LogP contribution in [0.25, 0.3) is 12.4 Å². The van der Waals surface area contributed by atoms with E-state index in [0.717, 1.165) is 0 Å². The Hall–Kier alpha value is -2.46. The number of nitrogens with zero attached hydrogens (tertiary/aromatic N) is 1. The Morgan fingerprint density at radius 2 is 1.96 bits per heavy atom. The molecule has 0 spiro atoms. The van der Waals surface area contributed by atoms with Crippen molar-refractivity contribution >= 4 is 30.3 Å². The maximum atomic E-state index is 6.23. The Bertz CT molecular complexity index is 861. The maximum absolute atomic E-state index is 6.23. The fourth-order valence-corrected chi connectivity index (χ4v) is 2.76. The lowest BCUT2D eigenvalue weighted by Gasteiger charge is -2.26. The average molecular weight is 358 g/mol. The lowest BCUT2D eigenvalue weighted by Crippen LogP contribution is -2.38. The smallest absolute Gasteiger partial charge is 0.139 e. The minimum absolute atomic E-state index is 0.107. The summed E-state index contributed by atoms with van der Waals surface area (Å²) < 4.78 is 5.45. The molecule has 25 heavy (non-hydrogen) atoms. The molecule has 0 aliphatic heterocycles. The topological polar surface area (TPSA) is 59.6 Å². The number of hydrogen-bond acceptors (Lipinski definition) is 3. The van der Waals surface area contributed by atoms with Crippen LogP contribution in [0.5, 0.6) is 5.75 Å². The van der Waals surface area contributed by atoms with Crippen molar-refractivity contribution in [1.82, 2.24) is 5.32 Å². The Kier molecular flexibility index (Phi) is 6.10. The molecule has 0 unspecified atom stereocenters. The number of ether oxygens (including phenoxy) is 1. The second-order valence-corrected chi connectivity index (χ2v) is 6.74. The molecule has 0 saturated heterocycles. The number of methoxy groups -OCH3 is 1. The molecule has 3 N–H and O–H groups in total. The first kappa shape index (κ1) is 18.9. The number of halogens is 1. The third kappa shape index (κ3) is 4.34. The lowest BCUT2D eigenvalue weighted by atomic mass is 9.84. The lowest BCUT2D eigenvalue weighted by molar-refractivity contribution is 0.410. The van der Waals surface area contributed by atoms with Crippen molar-refractivity contribution in [2.75, 3.05) is 13.7 Å². The highest BCUT2D eigenvalue weighted by molar-refractivity contribution is 6.30. The van der Waals surface area contributed by atoms with E-state index in [0.29, 0.717) is 33.6 Å². The van der Waals surface area contributed by atoms with E-state index in [2.05, 4.69) is 42.9 Å². The molecule has 4 nitrogen and oxygen atoms in total. The standard InChI is InChI=1S/C20H24ClN3O/c1-14-16(21)10-11-17(25-4)18(14)19(24-13-22)23-12-20(2,3)15-8-6-5-7-9-15/h5-11,13,23H,1,12H2,2-4H3,(H2,22,24)/b19-18+. The van der Waals surface area contributed by atoms with Gasteiger partial charge in [-0.1, -0.05) is 62.4 Å². The molecule has 0 aliphatic carbocycles. The van der Waals surface area contributed by atoms with Gasteiger partial charge in [0.05, 0.1) is 18.7 Å². The van der Waals surface area contributed by atoms with Crippen molar-refractivity contribution in [1.29, 1.82) is 0 Å². The minimum Gasteiger partial charge on any atom is -0.496 e. The van der Waals surface area contributed by atoms with Crippen molar-refractivity contribution in [2.45, 2.75) is 19.3 Å². The predicted octanol–water partition coefficient (Wildman–Crippen LogP) is 2.38. The van der Waals surface area contributed by atoms with Gasteiger partial charge < -0.3 is 15.8 Å². The van der Waals surface area contributed by atoms with Crippen molar-refractivity contribution in [3.8, 4) is 5.75 Å². The zero-order chi connectivity index (χ0) is 18.4. The van der Waals surface area contributed by atoms with Gasteiger partial charge in [0, 0.05) is 22.2 Å². The first-order valence-corrected chi connectivity index (χ1v) is 8.38. The van der Waals surface area contributed by atoms with Crippen molar-refractivity contribution in [3.05, 3.63) is 63.5 Å². The molecule has 132 valence electrons. The van der Waals surface area contributed by atoms with Crippen LogP contribution >= 0.6 is 11.6 Å². The quantitative estimate of drug-likeness (QED) is 0.616. The fraction of sp³-hybridized carbons (Fsp3) is 0.250. The van der Waals surface area contributed by atoms with E-state index in [4.69, 9.17) is 22.1 Å². The third-order valence-corrected chi connectivity index (χ3v) is 4.49. The van der Waals surface area contributed by atoms with E-state index in [-0.39, 0.29) is 5.41 Å². The predicted molar refractivity (Wildman–Crippen MR) is 106 cm³/mol. The Morgan fingerprint density at radius 3 is 2.56 bits per heavy atom. The minimum atomic E-state index is -0.107. The molecular weight excluding hydrogens is 334 g/mol. The molecule has 0 aromatic heterocycles. The average Bonchev–Trinajstić information content (AvgIpc) is 2.62. The Balaban J connectivity index is 2.48. The normalized spacial score (nSPS) is 13.0. The van der Waals surface area contributed by atoms with Gasteiger partial charge in [-0.2, -0.15) is 0 Å². The van der Waals surface area contributed by atoms with E-state index >= 15 is 0 Å². The summed E-state index contributed by atoms with van der Waals surface area (Å²) in [5.74, 6) is 1.22. The number of benzene rings is 2. The van der Waals surface area contributed by atoms with Crippen LogP contribution in [0.1, 0.15) is 19.4 Å². The van der Waals surface area contributed by atoms with Crippen LogP contribution in [0.2, 0.25) is 5.02 Å². The molecular formula is C20H24ClN3O. The van der Waals surface area contributed by atoms with Gasteiger partial charge in [0.25, 0.3) is 0 Å². The largest absolute Gasteiger partial charge is 0.496 e. The molecule has 2 aromatic carbocycles.